The smallest absolute Gasteiger partial charge is 0.328 e. The molecule has 16 heavy (non-hydrogen) atoms. The van der Waals surface area contributed by atoms with Crippen LogP contribution in [0.3, 0.4) is 0 Å². The maximum Gasteiger partial charge on any atom is 0.328 e. The second-order valence-electron chi connectivity index (χ2n) is 4.69. The summed E-state index contributed by atoms with van der Waals surface area (Å²) in [5.41, 5.74) is 0. The number of carboxylic acids is 1. The van der Waals surface area contributed by atoms with Crippen molar-refractivity contribution in [3.05, 3.63) is 12.2 Å². The molecule has 0 unspecified atom stereocenters. The van der Waals surface area contributed by atoms with Crippen LogP contribution in [0.25, 0.3) is 0 Å². The number of aliphatic carboxylic acids is 1. The van der Waals surface area contributed by atoms with Crippen LogP contribution in [-0.2, 0) is 4.79 Å². The molecule has 3 heteroatoms. The molecular formula is C13H23NO2. The van der Waals surface area contributed by atoms with Gasteiger partial charge in [0.15, 0.2) is 0 Å². The summed E-state index contributed by atoms with van der Waals surface area (Å²) < 4.78 is 0. The Balaban J connectivity index is 2.22. The fourth-order valence-corrected chi connectivity index (χ4v) is 2.39. The van der Waals surface area contributed by atoms with Crippen LogP contribution in [0, 0.1) is 5.92 Å². The summed E-state index contributed by atoms with van der Waals surface area (Å²) in [5.74, 6) is -0.107. The summed E-state index contributed by atoms with van der Waals surface area (Å²) in [6.07, 6.45) is 11.0. The highest BCUT2D eigenvalue weighted by Crippen LogP contribution is 2.25. The van der Waals surface area contributed by atoms with Crippen LogP contribution < -0.4 is 5.32 Å². The van der Waals surface area contributed by atoms with Crippen LogP contribution in [0.5, 0.6) is 0 Å². The molecule has 0 aromatic carbocycles. The molecular weight excluding hydrogens is 202 g/mol. The number of nitrogens with one attached hydrogen (secondary N) is 1. The predicted molar refractivity (Wildman–Crippen MR) is 65.4 cm³/mol. The lowest BCUT2D eigenvalue weighted by Gasteiger charge is -2.22. The van der Waals surface area contributed by atoms with E-state index in [4.69, 9.17) is 5.11 Å². The quantitative estimate of drug-likeness (QED) is 0.558. The topological polar surface area (TPSA) is 49.3 Å². The van der Waals surface area contributed by atoms with Crippen molar-refractivity contribution in [3.63, 3.8) is 0 Å². The zero-order valence-electron chi connectivity index (χ0n) is 10.1. The van der Waals surface area contributed by atoms with E-state index in [0.29, 0.717) is 12.6 Å². The molecule has 0 aliphatic heterocycles. The Labute approximate surface area is 97.9 Å². The van der Waals surface area contributed by atoms with Crippen molar-refractivity contribution in [1.29, 1.82) is 0 Å². The van der Waals surface area contributed by atoms with E-state index in [1.165, 1.54) is 44.6 Å². The van der Waals surface area contributed by atoms with Crippen LogP contribution in [0.4, 0.5) is 0 Å². The van der Waals surface area contributed by atoms with Gasteiger partial charge in [-0.15, -0.1) is 0 Å². The minimum atomic E-state index is -0.871. The Morgan fingerprint density at radius 2 is 2.00 bits per heavy atom. The molecule has 0 aromatic heterocycles. The summed E-state index contributed by atoms with van der Waals surface area (Å²) in [7, 11) is 0. The van der Waals surface area contributed by atoms with E-state index in [9.17, 15) is 4.79 Å². The van der Waals surface area contributed by atoms with Gasteiger partial charge in [-0.3, -0.25) is 0 Å². The van der Waals surface area contributed by atoms with Gasteiger partial charge in [-0.2, -0.15) is 0 Å². The molecule has 1 aliphatic rings. The van der Waals surface area contributed by atoms with Crippen molar-refractivity contribution in [1.82, 2.24) is 5.32 Å². The average Bonchev–Trinajstić information content (AvgIpc) is 2.52. The maximum atomic E-state index is 10.3. The van der Waals surface area contributed by atoms with Gasteiger partial charge in [0, 0.05) is 18.7 Å². The lowest BCUT2D eigenvalue weighted by Crippen LogP contribution is -2.33. The predicted octanol–water partition coefficient (Wildman–Crippen LogP) is 2.58. The van der Waals surface area contributed by atoms with E-state index in [0.717, 1.165) is 5.92 Å². The third kappa shape index (κ3) is 5.31. The normalized spacial score (nSPS) is 20.8. The number of carboxylic acid groups (broad SMARTS) is 1. The molecule has 1 rings (SSSR count). The van der Waals surface area contributed by atoms with Crippen molar-refractivity contribution < 1.29 is 9.90 Å². The van der Waals surface area contributed by atoms with Crippen molar-refractivity contribution in [2.75, 3.05) is 6.54 Å². The molecule has 1 fully saturated rings. The zero-order valence-corrected chi connectivity index (χ0v) is 10.1. The first-order valence-electron chi connectivity index (χ1n) is 6.33. The Morgan fingerprint density at radius 1 is 1.38 bits per heavy atom. The van der Waals surface area contributed by atoms with Gasteiger partial charge in [0.25, 0.3) is 0 Å². The van der Waals surface area contributed by atoms with Crippen LogP contribution in [0.15, 0.2) is 12.2 Å². The standard InChI is InChI=1S/C13H23NO2/c1-11(14-10-6-9-13(15)16)12-7-4-2-3-5-8-12/h6,9,11-12,14H,2-5,7-8,10H2,1H3,(H,15,16)/b9-6+/t11-/m0/s1. The minimum Gasteiger partial charge on any atom is -0.478 e. The molecule has 0 amide bonds. The van der Waals surface area contributed by atoms with Gasteiger partial charge in [0.2, 0.25) is 0 Å². The first-order chi connectivity index (χ1) is 7.70. The van der Waals surface area contributed by atoms with Gasteiger partial charge < -0.3 is 10.4 Å². The Bertz CT molecular complexity index is 230. The lowest BCUT2D eigenvalue weighted by atomic mass is 9.93. The van der Waals surface area contributed by atoms with E-state index in [-0.39, 0.29) is 0 Å². The third-order valence-electron chi connectivity index (χ3n) is 3.43. The summed E-state index contributed by atoms with van der Waals surface area (Å²) in [5, 5.41) is 11.8. The summed E-state index contributed by atoms with van der Waals surface area (Å²) >= 11 is 0. The van der Waals surface area contributed by atoms with E-state index >= 15 is 0 Å². The first kappa shape index (κ1) is 13.2. The van der Waals surface area contributed by atoms with Gasteiger partial charge in [-0.1, -0.05) is 31.8 Å². The molecule has 0 bridgehead atoms. The molecule has 0 aromatic rings. The Morgan fingerprint density at radius 3 is 2.56 bits per heavy atom. The highest BCUT2D eigenvalue weighted by molar-refractivity contribution is 5.79. The number of hydrogen-bond acceptors (Lipinski definition) is 2. The van der Waals surface area contributed by atoms with Crippen molar-refractivity contribution >= 4 is 5.97 Å². The van der Waals surface area contributed by atoms with E-state index < -0.39 is 5.97 Å². The molecule has 0 heterocycles. The van der Waals surface area contributed by atoms with Gasteiger partial charge in [0.1, 0.15) is 0 Å². The van der Waals surface area contributed by atoms with Gasteiger partial charge in [0.05, 0.1) is 0 Å². The lowest BCUT2D eigenvalue weighted by molar-refractivity contribution is -0.131. The van der Waals surface area contributed by atoms with Gasteiger partial charge >= 0.3 is 5.97 Å². The van der Waals surface area contributed by atoms with E-state index in [1.807, 2.05) is 0 Å². The number of carbonyl (C=O) groups is 1. The van der Waals surface area contributed by atoms with Crippen LogP contribution in [-0.4, -0.2) is 23.7 Å². The molecule has 2 N–H and O–H groups in total. The Kier molecular flexibility index (Phi) is 6.16. The van der Waals surface area contributed by atoms with Crippen LogP contribution in [0.1, 0.15) is 45.4 Å². The van der Waals surface area contributed by atoms with Gasteiger partial charge in [-0.05, 0) is 25.7 Å². The molecule has 0 saturated heterocycles. The maximum absolute atomic E-state index is 10.3. The van der Waals surface area contributed by atoms with Crippen LogP contribution in [0.2, 0.25) is 0 Å². The monoisotopic (exact) mass is 225 g/mol. The molecule has 1 aliphatic carbocycles. The number of hydrogen-bond donors (Lipinski definition) is 2. The molecule has 92 valence electrons. The number of rotatable bonds is 5. The minimum absolute atomic E-state index is 0.497. The second-order valence-corrected chi connectivity index (χ2v) is 4.69. The molecule has 1 atom stereocenters. The second kappa shape index (κ2) is 7.44. The Hall–Kier alpha value is -0.830. The third-order valence-corrected chi connectivity index (χ3v) is 3.43. The van der Waals surface area contributed by atoms with Crippen molar-refractivity contribution in [2.45, 2.75) is 51.5 Å². The highest BCUT2D eigenvalue weighted by Gasteiger charge is 2.17. The van der Waals surface area contributed by atoms with E-state index in [1.54, 1.807) is 6.08 Å². The largest absolute Gasteiger partial charge is 0.478 e. The summed E-state index contributed by atoms with van der Waals surface area (Å²) in [6, 6.07) is 0.497. The first-order valence-corrected chi connectivity index (χ1v) is 6.33. The molecule has 0 spiro atoms. The summed E-state index contributed by atoms with van der Waals surface area (Å²) in [6.45, 7) is 2.87. The van der Waals surface area contributed by atoms with Crippen molar-refractivity contribution in [2.24, 2.45) is 5.92 Å². The molecule has 3 nitrogen and oxygen atoms in total. The zero-order chi connectivity index (χ0) is 11.8. The SMILES string of the molecule is C[C@H](NC/C=C/C(=O)O)C1CCCCCC1. The summed E-state index contributed by atoms with van der Waals surface area (Å²) in [4.78, 5) is 10.3. The fourth-order valence-electron chi connectivity index (χ4n) is 2.39. The highest BCUT2D eigenvalue weighted by atomic mass is 16.4. The fraction of sp³-hybridized carbons (Fsp3) is 0.769. The van der Waals surface area contributed by atoms with Crippen molar-refractivity contribution in [3.8, 4) is 0 Å². The van der Waals surface area contributed by atoms with Crippen LogP contribution >= 0.6 is 0 Å². The van der Waals surface area contributed by atoms with E-state index in [2.05, 4.69) is 12.2 Å². The average molecular weight is 225 g/mol. The molecule has 1 saturated carbocycles. The van der Waals surface area contributed by atoms with Gasteiger partial charge in [-0.25, -0.2) is 4.79 Å². The molecule has 0 radical (unpaired) electrons.